The van der Waals surface area contributed by atoms with Gasteiger partial charge in [-0.05, 0) is 58.2 Å². The van der Waals surface area contributed by atoms with Gasteiger partial charge in [-0.1, -0.05) is 35.3 Å². The maximum Gasteiger partial charge on any atom is 0.251 e. The predicted molar refractivity (Wildman–Crippen MR) is 86.6 cm³/mol. The molecule has 0 aliphatic rings. The van der Waals surface area contributed by atoms with Gasteiger partial charge in [0.25, 0.3) is 5.91 Å². The van der Waals surface area contributed by atoms with Crippen molar-refractivity contribution < 1.29 is 4.79 Å². The zero-order valence-electron chi connectivity index (χ0n) is 10.5. The van der Waals surface area contributed by atoms with Crippen LogP contribution in [0, 0.1) is 0 Å². The Morgan fingerprint density at radius 3 is 2.65 bits per heavy atom. The molecule has 2 aromatic rings. The Balaban J connectivity index is 1.90. The average molecular weight is 373 g/mol. The van der Waals surface area contributed by atoms with Gasteiger partial charge in [-0.15, -0.1) is 0 Å². The van der Waals surface area contributed by atoms with Gasteiger partial charge in [-0.25, -0.2) is 0 Å². The molecule has 0 atom stereocenters. The molecule has 0 fully saturated rings. The monoisotopic (exact) mass is 371 g/mol. The first-order chi connectivity index (χ1) is 9.56. The summed E-state index contributed by atoms with van der Waals surface area (Å²) in [6.07, 6.45) is 0.733. The van der Waals surface area contributed by atoms with E-state index in [9.17, 15) is 4.79 Å². The summed E-state index contributed by atoms with van der Waals surface area (Å²) in [5.41, 5.74) is 1.64. The maximum atomic E-state index is 12.0. The third kappa shape index (κ3) is 4.23. The molecule has 2 rings (SSSR count). The van der Waals surface area contributed by atoms with Crippen LogP contribution >= 0.6 is 39.1 Å². The molecule has 2 aromatic carbocycles. The summed E-state index contributed by atoms with van der Waals surface area (Å²) in [7, 11) is 0. The SMILES string of the molecule is O=C(NCCc1cccc(Cl)c1)c1ccc(Br)c(Cl)c1. The predicted octanol–water partition coefficient (Wildman–Crippen LogP) is 4.73. The van der Waals surface area contributed by atoms with Gasteiger partial charge in [0.2, 0.25) is 0 Å². The molecule has 5 heteroatoms. The number of amides is 1. The molecule has 0 spiro atoms. The smallest absolute Gasteiger partial charge is 0.251 e. The van der Waals surface area contributed by atoms with Crippen LogP contribution in [0.4, 0.5) is 0 Å². The summed E-state index contributed by atoms with van der Waals surface area (Å²) in [6, 6.07) is 12.7. The van der Waals surface area contributed by atoms with Gasteiger partial charge in [0.15, 0.2) is 0 Å². The quantitative estimate of drug-likeness (QED) is 0.825. The molecule has 0 bridgehead atoms. The zero-order chi connectivity index (χ0) is 14.5. The highest BCUT2D eigenvalue weighted by Crippen LogP contribution is 2.23. The molecule has 0 heterocycles. The van der Waals surface area contributed by atoms with E-state index in [1.54, 1.807) is 18.2 Å². The normalized spacial score (nSPS) is 10.3. The van der Waals surface area contributed by atoms with E-state index in [0.717, 1.165) is 16.5 Å². The zero-order valence-corrected chi connectivity index (χ0v) is 13.6. The van der Waals surface area contributed by atoms with Crippen molar-refractivity contribution in [1.29, 1.82) is 0 Å². The fourth-order valence-corrected chi connectivity index (χ4v) is 2.39. The molecule has 0 aliphatic carbocycles. The Morgan fingerprint density at radius 2 is 1.95 bits per heavy atom. The molecule has 0 unspecified atom stereocenters. The van der Waals surface area contributed by atoms with E-state index in [4.69, 9.17) is 23.2 Å². The number of rotatable bonds is 4. The van der Waals surface area contributed by atoms with Crippen molar-refractivity contribution in [3.63, 3.8) is 0 Å². The van der Waals surface area contributed by atoms with Gasteiger partial charge in [0.05, 0.1) is 5.02 Å². The van der Waals surface area contributed by atoms with Gasteiger partial charge in [-0.2, -0.15) is 0 Å². The lowest BCUT2D eigenvalue weighted by Gasteiger charge is -2.06. The van der Waals surface area contributed by atoms with Crippen LogP contribution in [-0.2, 0) is 6.42 Å². The van der Waals surface area contributed by atoms with E-state index in [2.05, 4.69) is 21.2 Å². The van der Waals surface area contributed by atoms with E-state index in [1.165, 1.54) is 0 Å². The summed E-state index contributed by atoms with van der Waals surface area (Å²) in [5.74, 6) is -0.138. The fraction of sp³-hybridized carbons (Fsp3) is 0.133. The Kier molecular flexibility index (Phi) is 5.46. The van der Waals surface area contributed by atoms with Gasteiger partial charge >= 0.3 is 0 Å². The van der Waals surface area contributed by atoms with Crippen LogP contribution in [0.15, 0.2) is 46.9 Å². The van der Waals surface area contributed by atoms with Crippen LogP contribution in [0.5, 0.6) is 0 Å². The molecular formula is C15H12BrCl2NO. The second-order valence-electron chi connectivity index (χ2n) is 4.26. The molecular weight excluding hydrogens is 361 g/mol. The lowest BCUT2D eigenvalue weighted by atomic mass is 10.1. The third-order valence-corrected chi connectivity index (χ3v) is 4.24. The minimum atomic E-state index is -0.138. The van der Waals surface area contributed by atoms with E-state index in [0.29, 0.717) is 22.2 Å². The third-order valence-electron chi connectivity index (χ3n) is 2.77. The molecule has 1 N–H and O–H groups in total. The number of carbonyl (C=O) groups is 1. The van der Waals surface area contributed by atoms with Crippen molar-refractivity contribution in [2.24, 2.45) is 0 Å². The lowest BCUT2D eigenvalue weighted by molar-refractivity contribution is 0.0954. The molecule has 20 heavy (non-hydrogen) atoms. The minimum absolute atomic E-state index is 0.138. The molecule has 1 amide bonds. The first kappa shape index (κ1) is 15.4. The number of halogens is 3. The largest absolute Gasteiger partial charge is 0.352 e. The van der Waals surface area contributed by atoms with Crippen LogP contribution in [0.25, 0.3) is 0 Å². The average Bonchev–Trinajstić information content (AvgIpc) is 2.42. The van der Waals surface area contributed by atoms with Gasteiger partial charge in [0.1, 0.15) is 0 Å². The van der Waals surface area contributed by atoms with Crippen molar-refractivity contribution in [3.05, 3.63) is 68.1 Å². The number of nitrogens with one attached hydrogen (secondary N) is 1. The molecule has 0 saturated heterocycles. The van der Waals surface area contributed by atoms with Crippen molar-refractivity contribution in [2.45, 2.75) is 6.42 Å². The number of hydrogen-bond acceptors (Lipinski definition) is 1. The first-order valence-electron chi connectivity index (χ1n) is 6.04. The first-order valence-corrected chi connectivity index (χ1v) is 7.59. The Morgan fingerprint density at radius 1 is 1.15 bits per heavy atom. The Labute approximate surface area is 136 Å². The van der Waals surface area contributed by atoms with E-state index in [1.807, 2.05) is 24.3 Å². The van der Waals surface area contributed by atoms with E-state index in [-0.39, 0.29) is 5.91 Å². The second-order valence-corrected chi connectivity index (χ2v) is 5.96. The maximum absolute atomic E-state index is 12.0. The van der Waals surface area contributed by atoms with Crippen molar-refractivity contribution in [2.75, 3.05) is 6.54 Å². The van der Waals surface area contributed by atoms with Crippen LogP contribution in [0.1, 0.15) is 15.9 Å². The van der Waals surface area contributed by atoms with Crippen LogP contribution in [0.2, 0.25) is 10.0 Å². The second kappa shape index (κ2) is 7.11. The Hall–Kier alpha value is -1.03. The van der Waals surface area contributed by atoms with Crippen LogP contribution in [-0.4, -0.2) is 12.5 Å². The van der Waals surface area contributed by atoms with Gasteiger partial charge in [0, 0.05) is 21.6 Å². The van der Waals surface area contributed by atoms with Gasteiger partial charge < -0.3 is 5.32 Å². The highest BCUT2D eigenvalue weighted by molar-refractivity contribution is 9.10. The molecule has 0 aromatic heterocycles. The molecule has 0 saturated carbocycles. The standard InChI is InChI=1S/C15H12BrCl2NO/c16-13-5-4-11(9-14(13)18)15(20)19-7-6-10-2-1-3-12(17)8-10/h1-5,8-9H,6-7H2,(H,19,20). The summed E-state index contributed by atoms with van der Waals surface area (Å²) in [5, 5.41) is 4.08. The topological polar surface area (TPSA) is 29.1 Å². The Bertz CT molecular complexity index is 631. The summed E-state index contributed by atoms with van der Waals surface area (Å²) in [6.45, 7) is 0.548. The number of hydrogen-bond donors (Lipinski definition) is 1. The molecule has 2 nitrogen and oxygen atoms in total. The van der Waals surface area contributed by atoms with Gasteiger partial charge in [-0.3, -0.25) is 4.79 Å². The van der Waals surface area contributed by atoms with Crippen LogP contribution < -0.4 is 5.32 Å². The summed E-state index contributed by atoms with van der Waals surface area (Å²) < 4.78 is 0.773. The van der Waals surface area contributed by atoms with Crippen molar-refractivity contribution in [1.82, 2.24) is 5.32 Å². The summed E-state index contributed by atoms with van der Waals surface area (Å²) >= 11 is 15.2. The van der Waals surface area contributed by atoms with Crippen molar-refractivity contribution in [3.8, 4) is 0 Å². The summed E-state index contributed by atoms with van der Waals surface area (Å²) in [4.78, 5) is 12.0. The van der Waals surface area contributed by atoms with E-state index >= 15 is 0 Å². The van der Waals surface area contributed by atoms with Crippen molar-refractivity contribution >= 4 is 45.0 Å². The fourth-order valence-electron chi connectivity index (χ4n) is 1.75. The lowest BCUT2D eigenvalue weighted by Crippen LogP contribution is -2.25. The minimum Gasteiger partial charge on any atom is -0.352 e. The highest BCUT2D eigenvalue weighted by Gasteiger charge is 2.07. The molecule has 0 radical (unpaired) electrons. The molecule has 104 valence electrons. The highest BCUT2D eigenvalue weighted by atomic mass is 79.9. The molecule has 0 aliphatic heterocycles. The number of benzene rings is 2. The van der Waals surface area contributed by atoms with Crippen LogP contribution in [0.3, 0.4) is 0 Å². The number of carbonyl (C=O) groups excluding carboxylic acids is 1. The van der Waals surface area contributed by atoms with E-state index < -0.39 is 0 Å².